The Hall–Kier alpha value is -1.63. The normalized spacial score (nSPS) is 13.7. The Bertz CT molecular complexity index is 611. The van der Waals surface area contributed by atoms with Crippen molar-refractivity contribution >= 4 is 17.8 Å². The molecule has 0 saturated heterocycles. The van der Waals surface area contributed by atoms with E-state index in [9.17, 15) is 19.5 Å². The fraction of sp³-hybridized carbons (Fsp3) is 0.903. The molecule has 3 N–H and O–H groups in total. The minimum absolute atomic E-state index is 0.0287. The van der Waals surface area contributed by atoms with Gasteiger partial charge in [-0.05, 0) is 39.5 Å². The molecule has 7 heteroatoms. The highest BCUT2D eigenvalue weighted by Crippen LogP contribution is 2.33. The second-order valence-electron chi connectivity index (χ2n) is 11.0. The highest BCUT2D eigenvalue weighted by molar-refractivity contribution is 6.01. The van der Waals surface area contributed by atoms with Crippen LogP contribution in [-0.4, -0.2) is 47.3 Å². The highest BCUT2D eigenvalue weighted by atomic mass is 16.5. The van der Waals surface area contributed by atoms with Gasteiger partial charge < -0.3 is 20.3 Å². The van der Waals surface area contributed by atoms with Gasteiger partial charge in [0.25, 0.3) is 0 Å². The summed E-state index contributed by atoms with van der Waals surface area (Å²) in [5.41, 5.74) is -1.35. The second-order valence-corrected chi connectivity index (χ2v) is 11.0. The summed E-state index contributed by atoms with van der Waals surface area (Å²) in [5, 5.41) is 21.9. The van der Waals surface area contributed by atoms with Crippen LogP contribution in [0.3, 0.4) is 0 Å². The van der Waals surface area contributed by atoms with E-state index in [0.29, 0.717) is 32.4 Å². The SMILES string of the molecule is CCCCCCCCCCCC(CCCCCCCCCCC(=O)O)(C(=O)O)C(=O)NCCC(C)OCC. The van der Waals surface area contributed by atoms with Crippen molar-refractivity contribution < 1.29 is 29.3 Å². The first kappa shape index (κ1) is 36.4. The summed E-state index contributed by atoms with van der Waals surface area (Å²) in [7, 11) is 0. The Morgan fingerprint density at radius 3 is 1.58 bits per heavy atom. The quantitative estimate of drug-likeness (QED) is 0.0685. The summed E-state index contributed by atoms with van der Waals surface area (Å²) in [6.07, 6.45) is 19.6. The average Bonchev–Trinajstić information content (AvgIpc) is 2.87. The van der Waals surface area contributed by atoms with E-state index in [4.69, 9.17) is 9.84 Å². The third kappa shape index (κ3) is 18.6. The van der Waals surface area contributed by atoms with Crippen LogP contribution in [0.2, 0.25) is 0 Å². The average molecular weight is 542 g/mol. The predicted octanol–water partition coefficient (Wildman–Crippen LogP) is 7.90. The Labute approximate surface area is 232 Å². The van der Waals surface area contributed by atoms with E-state index in [2.05, 4.69) is 12.2 Å². The lowest BCUT2D eigenvalue weighted by Gasteiger charge is -2.29. The number of hydrogen-bond acceptors (Lipinski definition) is 4. The molecule has 0 saturated carbocycles. The van der Waals surface area contributed by atoms with E-state index in [1.807, 2.05) is 13.8 Å². The molecule has 2 atom stereocenters. The van der Waals surface area contributed by atoms with E-state index < -0.39 is 17.4 Å². The second kappa shape index (κ2) is 24.4. The van der Waals surface area contributed by atoms with Crippen molar-refractivity contribution in [2.45, 2.75) is 162 Å². The summed E-state index contributed by atoms with van der Waals surface area (Å²) >= 11 is 0. The van der Waals surface area contributed by atoms with E-state index in [0.717, 1.165) is 70.6 Å². The molecule has 0 spiro atoms. The molecule has 224 valence electrons. The summed E-state index contributed by atoms with van der Waals surface area (Å²) in [5.74, 6) is -2.07. The van der Waals surface area contributed by atoms with Crippen LogP contribution in [0.25, 0.3) is 0 Å². The van der Waals surface area contributed by atoms with E-state index in [-0.39, 0.29) is 18.4 Å². The molecule has 0 aliphatic carbocycles. The van der Waals surface area contributed by atoms with Crippen molar-refractivity contribution in [3.63, 3.8) is 0 Å². The van der Waals surface area contributed by atoms with Gasteiger partial charge in [0.2, 0.25) is 5.91 Å². The van der Waals surface area contributed by atoms with Gasteiger partial charge in [-0.2, -0.15) is 0 Å². The Morgan fingerprint density at radius 2 is 1.16 bits per heavy atom. The minimum atomic E-state index is -1.35. The Kier molecular flexibility index (Phi) is 23.4. The molecule has 7 nitrogen and oxygen atoms in total. The lowest BCUT2D eigenvalue weighted by atomic mass is 9.76. The maximum Gasteiger partial charge on any atom is 0.319 e. The van der Waals surface area contributed by atoms with Crippen LogP contribution >= 0.6 is 0 Å². The van der Waals surface area contributed by atoms with Crippen LogP contribution in [0.5, 0.6) is 0 Å². The predicted molar refractivity (Wildman–Crippen MR) is 154 cm³/mol. The first-order valence-corrected chi connectivity index (χ1v) is 15.6. The molecule has 0 fully saturated rings. The molecule has 0 aromatic rings. The van der Waals surface area contributed by atoms with Gasteiger partial charge in [-0.25, -0.2) is 0 Å². The van der Waals surface area contributed by atoms with Gasteiger partial charge >= 0.3 is 11.9 Å². The molecule has 0 aliphatic rings. The van der Waals surface area contributed by atoms with Gasteiger partial charge in [0.15, 0.2) is 0 Å². The zero-order valence-electron chi connectivity index (χ0n) is 24.9. The van der Waals surface area contributed by atoms with Crippen LogP contribution in [0.1, 0.15) is 156 Å². The van der Waals surface area contributed by atoms with Crippen LogP contribution in [0.4, 0.5) is 0 Å². The lowest BCUT2D eigenvalue weighted by molar-refractivity contribution is -0.157. The molecule has 0 bridgehead atoms. The molecular weight excluding hydrogens is 482 g/mol. The Morgan fingerprint density at radius 1 is 0.711 bits per heavy atom. The fourth-order valence-corrected chi connectivity index (χ4v) is 5.09. The van der Waals surface area contributed by atoms with Crippen molar-refractivity contribution in [2.75, 3.05) is 13.2 Å². The molecular formula is C31H59NO6. The first-order valence-electron chi connectivity index (χ1n) is 15.6. The maximum atomic E-state index is 13.3. The monoisotopic (exact) mass is 541 g/mol. The summed E-state index contributed by atoms with van der Waals surface area (Å²) in [6, 6.07) is 0. The molecule has 0 aliphatic heterocycles. The number of ether oxygens (including phenoxy) is 1. The summed E-state index contributed by atoms with van der Waals surface area (Å²) in [6.45, 7) is 7.17. The van der Waals surface area contributed by atoms with Crippen LogP contribution in [0, 0.1) is 5.41 Å². The van der Waals surface area contributed by atoms with Crippen molar-refractivity contribution in [3.05, 3.63) is 0 Å². The summed E-state index contributed by atoms with van der Waals surface area (Å²) in [4.78, 5) is 36.3. The van der Waals surface area contributed by atoms with Gasteiger partial charge in [0, 0.05) is 19.6 Å². The number of aliphatic carboxylic acids is 2. The number of hydrogen-bond donors (Lipinski definition) is 3. The smallest absolute Gasteiger partial charge is 0.319 e. The van der Waals surface area contributed by atoms with Gasteiger partial charge in [0.05, 0.1) is 6.10 Å². The van der Waals surface area contributed by atoms with Crippen molar-refractivity contribution in [3.8, 4) is 0 Å². The molecule has 0 heterocycles. The molecule has 1 amide bonds. The number of carbonyl (C=O) groups excluding carboxylic acids is 1. The lowest BCUT2D eigenvalue weighted by Crippen LogP contribution is -2.47. The number of unbranched alkanes of at least 4 members (excludes halogenated alkanes) is 15. The van der Waals surface area contributed by atoms with Crippen LogP contribution < -0.4 is 5.32 Å². The zero-order chi connectivity index (χ0) is 28.5. The summed E-state index contributed by atoms with van der Waals surface area (Å²) < 4.78 is 5.54. The number of nitrogens with one attached hydrogen (secondary N) is 1. The van der Waals surface area contributed by atoms with Gasteiger partial charge in [-0.15, -0.1) is 0 Å². The first-order chi connectivity index (χ1) is 18.3. The molecule has 38 heavy (non-hydrogen) atoms. The van der Waals surface area contributed by atoms with E-state index in [1.165, 1.54) is 38.5 Å². The van der Waals surface area contributed by atoms with Gasteiger partial charge in [0.1, 0.15) is 5.41 Å². The Balaban J connectivity index is 4.67. The molecule has 0 radical (unpaired) electrons. The number of amides is 1. The third-order valence-corrected chi connectivity index (χ3v) is 7.58. The topological polar surface area (TPSA) is 113 Å². The van der Waals surface area contributed by atoms with Crippen LogP contribution in [-0.2, 0) is 19.1 Å². The van der Waals surface area contributed by atoms with Crippen molar-refractivity contribution in [1.29, 1.82) is 0 Å². The third-order valence-electron chi connectivity index (χ3n) is 7.58. The molecule has 0 aromatic heterocycles. The standard InChI is InChI=1S/C31H59NO6/c1-4-6-7-8-9-11-14-17-20-24-31(30(36)37,29(35)32-26-23-27(3)38-5-2)25-21-18-15-12-10-13-16-19-22-28(33)34/h27H,4-26H2,1-3H3,(H,32,35)(H,33,34)(H,36,37). The molecule has 2 unspecified atom stereocenters. The zero-order valence-corrected chi connectivity index (χ0v) is 24.9. The van der Waals surface area contributed by atoms with Gasteiger partial charge in [-0.1, -0.05) is 110 Å². The number of rotatable bonds is 28. The minimum Gasteiger partial charge on any atom is -0.481 e. The largest absolute Gasteiger partial charge is 0.481 e. The number of carboxylic acid groups (broad SMARTS) is 2. The molecule has 0 aromatic carbocycles. The van der Waals surface area contributed by atoms with E-state index >= 15 is 0 Å². The highest BCUT2D eigenvalue weighted by Gasteiger charge is 2.44. The van der Waals surface area contributed by atoms with Crippen molar-refractivity contribution in [2.24, 2.45) is 5.41 Å². The number of carbonyl (C=O) groups is 3. The van der Waals surface area contributed by atoms with Gasteiger partial charge in [-0.3, -0.25) is 14.4 Å². The fourth-order valence-electron chi connectivity index (χ4n) is 5.09. The maximum absolute atomic E-state index is 13.3. The van der Waals surface area contributed by atoms with Crippen molar-refractivity contribution in [1.82, 2.24) is 5.32 Å². The van der Waals surface area contributed by atoms with Crippen LogP contribution in [0.15, 0.2) is 0 Å². The van der Waals surface area contributed by atoms with E-state index in [1.54, 1.807) is 0 Å². The molecule has 0 rings (SSSR count). The number of carboxylic acids is 2.